The fourth-order valence-electron chi connectivity index (χ4n) is 8.48. The summed E-state index contributed by atoms with van der Waals surface area (Å²) in [7, 11) is 0. The summed E-state index contributed by atoms with van der Waals surface area (Å²) in [4.78, 5) is 2.38. The highest BCUT2D eigenvalue weighted by Gasteiger charge is 2.18. The molecule has 0 radical (unpaired) electrons. The van der Waals surface area contributed by atoms with Crippen molar-refractivity contribution < 1.29 is 0 Å². The first-order valence-electron chi connectivity index (χ1n) is 20.3. The molecule has 0 spiro atoms. The van der Waals surface area contributed by atoms with Crippen LogP contribution in [0.15, 0.2) is 249 Å². The third-order valence-electron chi connectivity index (χ3n) is 11.3. The molecule has 0 aliphatic heterocycles. The molecule has 10 aromatic carbocycles. The van der Waals surface area contributed by atoms with E-state index < -0.39 is 0 Å². The molecule has 0 unspecified atom stereocenters. The van der Waals surface area contributed by atoms with Crippen molar-refractivity contribution in [2.24, 2.45) is 0 Å². The van der Waals surface area contributed by atoms with Crippen LogP contribution in [0.3, 0.4) is 0 Å². The molecule has 59 heavy (non-hydrogen) atoms. The van der Waals surface area contributed by atoms with Gasteiger partial charge in [-0.05, 0) is 114 Å². The van der Waals surface area contributed by atoms with Gasteiger partial charge in [0.2, 0.25) is 0 Å². The van der Waals surface area contributed by atoms with Crippen molar-refractivity contribution in [3.8, 4) is 66.8 Å². The van der Waals surface area contributed by atoms with E-state index in [-0.39, 0.29) is 0 Å². The normalized spacial score (nSPS) is 11.1. The van der Waals surface area contributed by atoms with Gasteiger partial charge >= 0.3 is 0 Å². The maximum absolute atomic E-state index is 2.38. The lowest BCUT2D eigenvalue weighted by atomic mass is 9.89. The van der Waals surface area contributed by atoms with Gasteiger partial charge < -0.3 is 4.90 Å². The van der Waals surface area contributed by atoms with Crippen molar-refractivity contribution in [3.05, 3.63) is 249 Å². The van der Waals surface area contributed by atoms with Gasteiger partial charge in [0.1, 0.15) is 0 Å². The summed E-state index contributed by atoms with van der Waals surface area (Å²) < 4.78 is 0. The second kappa shape index (κ2) is 16.0. The molecular weight excluding hydrogens is 711 g/mol. The molecule has 0 amide bonds. The summed E-state index contributed by atoms with van der Waals surface area (Å²) in [6.45, 7) is 0. The molecule has 0 fully saturated rings. The van der Waals surface area contributed by atoms with E-state index in [1.807, 2.05) is 0 Å². The third-order valence-corrected chi connectivity index (χ3v) is 11.3. The Labute approximate surface area is 346 Å². The van der Waals surface area contributed by atoms with Crippen molar-refractivity contribution >= 4 is 27.8 Å². The summed E-state index contributed by atoms with van der Waals surface area (Å²) in [5.74, 6) is 0. The zero-order valence-corrected chi connectivity index (χ0v) is 32.6. The van der Waals surface area contributed by atoms with E-state index >= 15 is 0 Å². The fourth-order valence-corrected chi connectivity index (χ4v) is 8.48. The molecule has 0 aliphatic carbocycles. The summed E-state index contributed by atoms with van der Waals surface area (Å²) in [5.41, 5.74) is 17.7. The Kier molecular flexibility index (Phi) is 9.68. The molecule has 0 bridgehead atoms. The smallest absolute Gasteiger partial charge is 0.0467 e. The van der Waals surface area contributed by atoms with Crippen LogP contribution in [0.2, 0.25) is 0 Å². The highest BCUT2D eigenvalue weighted by atomic mass is 15.1. The second-order valence-corrected chi connectivity index (χ2v) is 14.9. The van der Waals surface area contributed by atoms with Crippen LogP contribution in [0.25, 0.3) is 77.5 Å². The topological polar surface area (TPSA) is 3.24 Å². The summed E-state index contributed by atoms with van der Waals surface area (Å²) in [5, 5.41) is 2.49. The average Bonchev–Trinajstić information content (AvgIpc) is 3.33. The van der Waals surface area contributed by atoms with Gasteiger partial charge in [0.15, 0.2) is 0 Å². The van der Waals surface area contributed by atoms with Crippen LogP contribution in [-0.4, -0.2) is 0 Å². The van der Waals surface area contributed by atoms with Gasteiger partial charge in [-0.2, -0.15) is 0 Å². The Morgan fingerprint density at radius 1 is 0.203 bits per heavy atom. The van der Waals surface area contributed by atoms with Crippen LogP contribution in [-0.2, 0) is 0 Å². The van der Waals surface area contributed by atoms with Crippen LogP contribution in [0.5, 0.6) is 0 Å². The van der Waals surface area contributed by atoms with Crippen molar-refractivity contribution in [1.82, 2.24) is 0 Å². The summed E-state index contributed by atoms with van der Waals surface area (Å²) >= 11 is 0. The predicted molar refractivity (Wildman–Crippen MR) is 251 cm³/mol. The Morgan fingerprint density at radius 3 is 1.10 bits per heavy atom. The monoisotopic (exact) mass is 751 g/mol. The van der Waals surface area contributed by atoms with Gasteiger partial charge in [-0.15, -0.1) is 0 Å². The standard InChI is InChI=1S/C58H41N/c1-4-17-42(18-5-1)43-33-37-49(38-34-43)59(51-26-14-25-48(41-51)55-32-16-24-47-23-15-31-54(58(47)55)45-21-8-3-9-22-45)50-39-35-46(36-40-50)53-28-11-13-30-57(53)56-29-12-10-27-52(56)44-19-6-2-7-20-44/h1-41H. The van der Waals surface area contributed by atoms with E-state index in [2.05, 4.69) is 254 Å². The SMILES string of the molecule is c1ccc(-c2ccc(N(c3ccc(-c4ccccc4-c4ccccc4-c4ccccc4)cc3)c3cccc(-c4cccc5cccc(-c6ccccc6)c45)c3)cc2)cc1. The van der Waals surface area contributed by atoms with Crippen molar-refractivity contribution in [1.29, 1.82) is 0 Å². The molecule has 278 valence electrons. The van der Waals surface area contributed by atoms with Gasteiger partial charge in [0.25, 0.3) is 0 Å². The lowest BCUT2D eigenvalue weighted by Crippen LogP contribution is -2.10. The first-order valence-corrected chi connectivity index (χ1v) is 20.3. The van der Waals surface area contributed by atoms with E-state index in [1.54, 1.807) is 0 Å². The van der Waals surface area contributed by atoms with Gasteiger partial charge in [-0.3, -0.25) is 0 Å². The highest BCUT2D eigenvalue weighted by molar-refractivity contribution is 6.06. The van der Waals surface area contributed by atoms with Crippen molar-refractivity contribution in [2.45, 2.75) is 0 Å². The minimum atomic E-state index is 1.09. The predicted octanol–water partition coefficient (Wildman–Crippen LogP) is 16.3. The van der Waals surface area contributed by atoms with Crippen molar-refractivity contribution in [3.63, 3.8) is 0 Å². The minimum Gasteiger partial charge on any atom is -0.310 e. The van der Waals surface area contributed by atoms with Crippen LogP contribution < -0.4 is 4.90 Å². The van der Waals surface area contributed by atoms with Crippen LogP contribution in [0.1, 0.15) is 0 Å². The van der Waals surface area contributed by atoms with E-state index in [0.717, 1.165) is 17.1 Å². The second-order valence-electron chi connectivity index (χ2n) is 14.9. The summed E-state index contributed by atoms with van der Waals surface area (Å²) in [6, 6.07) is 89.7. The number of nitrogens with zero attached hydrogens (tertiary/aromatic N) is 1. The molecule has 0 aromatic heterocycles. The Bertz CT molecular complexity index is 3000. The third kappa shape index (κ3) is 7.12. The van der Waals surface area contributed by atoms with Crippen LogP contribution >= 0.6 is 0 Å². The van der Waals surface area contributed by atoms with Crippen molar-refractivity contribution in [2.75, 3.05) is 4.90 Å². The molecule has 10 aromatic rings. The fraction of sp³-hybridized carbons (Fsp3) is 0. The van der Waals surface area contributed by atoms with E-state index in [0.29, 0.717) is 0 Å². The Hall–Kier alpha value is -7.74. The quantitative estimate of drug-likeness (QED) is 0.142. The minimum absolute atomic E-state index is 1.09. The molecule has 0 heterocycles. The first kappa shape index (κ1) is 35.7. The molecule has 0 saturated carbocycles. The van der Waals surface area contributed by atoms with E-state index in [1.165, 1.54) is 77.5 Å². The zero-order chi connectivity index (χ0) is 39.4. The van der Waals surface area contributed by atoms with E-state index in [9.17, 15) is 0 Å². The number of anilines is 3. The Morgan fingerprint density at radius 2 is 0.559 bits per heavy atom. The van der Waals surface area contributed by atoms with Gasteiger partial charge in [-0.1, -0.05) is 212 Å². The van der Waals surface area contributed by atoms with Gasteiger partial charge in [-0.25, -0.2) is 0 Å². The molecule has 0 atom stereocenters. The maximum atomic E-state index is 2.38. The van der Waals surface area contributed by atoms with Gasteiger partial charge in [0, 0.05) is 17.1 Å². The molecular formula is C58H41N. The number of hydrogen-bond donors (Lipinski definition) is 0. The molecule has 1 heteroatoms. The molecule has 1 nitrogen and oxygen atoms in total. The molecule has 0 N–H and O–H groups in total. The number of hydrogen-bond acceptors (Lipinski definition) is 1. The molecule has 0 saturated heterocycles. The highest BCUT2D eigenvalue weighted by Crippen LogP contribution is 2.43. The molecule has 0 aliphatic rings. The average molecular weight is 752 g/mol. The zero-order valence-electron chi connectivity index (χ0n) is 32.6. The largest absolute Gasteiger partial charge is 0.310 e. The lowest BCUT2D eigenvalue weighted by Gasteiger charge is -2.27. The van der Waals surface area contributed by atoms with E-state index in [4.69, 9.17) is 0 Å². The van der Waals surface area contributed by atoms with Crippen LogP contribution in [0, 0.1) is 0 Å². The Balaban J connectivity index is 1.08. The van der Waals surface area contributed by atoms with Crippen LogP contribution in [0.4, 0.5) is 17.1 Å². The number of fused-ring (bicyclic) bond motifs is 1. The van der Waals surface area contributed by atoms with Gasteiger partial charge in [0.05, 0.1) is 0 Å². The first-order chi connectivity index (χ1) is 29.3. The number of benzene rings is 10. The summed E-state index contributed by atoms with van der Waals surface area (Å²) in [6.07, 6.45) is 0. The molecule has 10 rings (SSSR count). The lowest BCUT2D eigenvalue weighted by molar-refractivity contribution is 1.28. The number of rotatable bonds is 9. The maximum Gasteiger partial charge on any atom is 0.0467 e.